The number of hydrogen-bond acceptors (Lipinski definition) is 6. The van der Waals surface area contributed by atoms with Crippen molar-refractivity contribution >= 4 is 12.3 Å². The summed E-state index contributed by atoms with van der Waals surface area (Å²) in [6, 6.07) is 0. The summed E-state index contributed by atoms with van der Waals surface area (Å²) in [5.41, 5.74) is 0. The van der Waals surface area contributed by atoms with Gasteiger partial charge in [0.2, 0.25) is 0 Å². The van der Waals surface area contributed by atoms with Crippen molar-refractivity contribution in [3.63, 3.8) is 0 Å². The molecule has 0 radical (unpaired) electrons. The molecule has 0 saturated heterocycles. The maximum atomic E-state index is 11.7. The fourth-order valence-electron chi connectivity index (χ4n) is 3.51. The lowest BCUT2D eigenvalue weighted by Crippen LogP contribution is -2.29. The van der Waals surface area contributed by atoms with Crippen LogP contribution < -0.4 is 0 Å². The molecule has 7 heteroatoms. The van der Waals surface area contributed by atoms with Gasteiger partial charge in [0.05, 0.1) is 6.61 Å². The smallest absolute Gasteiger partial charge is 0.450 e. The fraction of sp³-hybridized carbons (Fsp3) is 0.909. The zero-order valence-electron chi connectivity index (χ0n) is 18.2. The second-order valence-electron chi connectivity index (χ2n) is 8.27. The minimum absolute atomic E-state index is 0.187. The van der Waals surface area contributed by atoms with Crippen molar-refractivity contribution in [2.24, 2.45) is 5.92 Å². The molecule has 1 fully saturated rings. The first-order valence-corrected chi connectivity index (χ1v) is 11.3. The van der Waals surface area contributed by atoms with Gasteiger partial charge in [-0.1, -0.05) is 58.8 Å². The lowest BCUT2D eigenvalue weighted by molar-refractivity contribution is -0.0257. The number of hydrogen-bond donors (Lipinski definition) is 1. The molecule has 1 aliphatic rings. The maximum absolute atomic E-state index is 11.7. The van der Waals surface area contributed by atoms with E-state index in [4.69, 9.17) is 24.1 Å². The van der Waals surface area contributed by atoms with E-state index in [1.165, 1.54) is 44.9 Å². The van der Waals surface area contributed by atoms with Crippen molar-refractivity contribution in [3.05, 3.63) is 0 Å². The van der Waals surface area contributed by atoms with Gasteiger partial charge in [0.1, 0.15) is 18.8 Å². The molecule has 0 heterocycles. The monoisotopic (exact) mass is 416 g/mol. The molecule has 0 aromatic carbocycles. The summed E-state index contributed by atoms with van der Waals surface area (Å²) in [6.45, 7) is 5.82. The highest BCUT2D eigenvalue weighted by Crippen LogP contribution is 2.24. The summed E-state index contributed by atoms with van der Waals surface area (Å²) >= 11 is 0. The molecule has 0 aromatic heterocycles. The van der Waals surface area contributed by atoms with Gasteiger partial charge < -0.3 is 24.1 Å². The molecule has 1 rings (SSSR count). The third-order valence-corrected chi connectivity index (χ3v) is 5.17. The molecule has 0 aromatic rings. The van der Waals surface area contributed by atoms with Crippen LogP contribution in [0.25, 0.3) is 0 Å². The molecule has 0 spiro atoms. The van der Waals surface area contributed by atoms with Crippen LogP contribution >= 0.6 is 0 Å². The van der Waals surface area contributed by atoms with E-state index in [9.17, 15) is 9.59 Å². The van der Waals surface area contributed by atoms with Crippen LogP contribution in [0.5, 0.6) is 0 Å². The number of carbonyl (C=O) groups excluding carboxylic acids is 1. The normalized spacial score (nSPS) is 19.1. The van der Waals surface area contributed by atoms with Gasteiger partial charge in [-0.05, 0) is 38.0 Å². The third-order valence-electron chi connectivity index (χ3n) is 5.17. The Morgan fingerprint density at radius 1 is 0.793 bits per heavy atom. The Bertz CT molecular complexity index is 431. The first-order valence-electron chi connectivity index (χ1n) is 11.3. The number of rotatable bonds is 15. The van der Waals surface area contributed by atoms with Gasteiger partial charge in [0, 0.05) is 6.61 Å². The molecule has 0 unspecified atom stereocenters. The summed E-state index contributed by atoms with van der Waals surface area (Å²) in [7, 11) is 0. The summed E-state index contributed by atoms with van der Waals surface area (Å²) in [4.78, 5) is 22.2. The van der Waals surface area contributed by atoms with Gasteiger partial charge in [0.25, 0.3) is 0 Å². The van der Waals surface area contributed by atoms with Gasteiger partial charge in [-0.25, -0.2) is 9.59 Å². The first-order chi connectivity index (χ1) is 14.0. The zero-order chi connectivity index (χ0) is 21.3. The molecule has 0 aliphatic heterocycles. The minimum Gasteiger partial charge on any atom is -0.450 e. The molecule has 0 amide bonds. The van der Waals surface area contributed by atoms with E-state index in [1.807, 2.05) is 0 Å². The Hall–Kier alpha value is -1.50. The van der Waals surface area contributed by atoms with Gasteiger partial charge in [-0.2, -0.15) is 0 Å². The summed E-state index contributed by atoms with van der Waals surface area (Å²) in [6.07, 6.45) is 9.96. The predicted octanol–water partition coefficient (Wildman–Crippen LogP) is 5.94. The summed E-state index contributed by atoms with van der Waals surface area (Å²) in [5.74, 6) is 0.818. The van der Waals surface area contributed by atoms with E-state index in [0.717, 1.165) is 12.3 Å². The molecular weight excluding hydrogens is 376 g/mol. The van der Waals surface area contributed by atoms with Crippen LogP contribution in [0.2, 0.25) is 0 Å². The van der Waals surface area contributed by atoms with Crippen LogP contribution in [0, 0.1) is 5.92 Å². The van der Waals surface area contributed by atoms with Crippen molar-refractivity contribution in [3.8, 4) is 0 Å². The van der Waals surface area contributed by atoms with Crippen molar-refractivity contribution < 1.29 is 33.6 Å². The lowest BCUT2D eigenvalue weighted by Gasteiger charge is -2.26. The van der Waals surface area contributed by atoms with Gasteiger partial charge >= 0.3 is 12.3 Å². The molecule has 1 aliphatic carbocycles. The van der Waals surface area contributed by atoms with Crippen molar-refractivity contribution in [1.82, 2.24) is 0 Å². The molecular formula is C22H40O7. The van der Waals surface area contributed by atoms with E-state index in [0.29, 0.717) is 38.9 Å². The fourth-order valence-corrected chi connectivity index (χ4v) is 3.51. The van der Waals surface area contributed by atoms with Crippen molar-refractivity contribution in [2.45, 2.75) is 103 Å². The number of carboxylic acid groups (broad SMARTS) is 1. The van der Waals surface area contributed by atoms with Crippen LogP contribution in [-0.2, 0) is 18.9 Å². The first kappa shape index (κ1) is 25.5. The molecule has 1 N–H and O–H groups in total. The highest BCUT2D eigenvalue weighted by atomic mass is 16.7. The largest absolute Gasteiger partial charge is 0.508 e. The van der Waals surface area contributed by atoms with E-state index in [-0.39, 0.29) is 18.8 Å². The van der Waals surface area contributed by atoms with Gasteiger partial charge in [-0.15, -0.1) is 0 Å². The van der Waals surface area contributed by atoms with Crippen LogP contribution in [0.3, 0.4) is 0 Å². The van der Waals surface area contributed by atoms with Gasteiger partial charge in [-0.3, -0.25) is 0 Å². The maximum Gasteiger partial charge on any atom is 0.508 e. The average molecular weight is 417 g/mol. The Morgan fingerprint density at radius 3 is 1.93 bits per heavy atom. The highest BCUT2D eigenvalue weighted by molar-refractivity contribution is 5.60. The Morgan fingerprint density at radius 2 is 1.34 bits per heavy atom. The quantitative estimate of drug-likeness (QED) is 0.261. The zero-order valence-corrected chi connectivity index (χ0v) is 18.2. The topological polar surface area (TPSA) is 91.3 Å². The van der Waals surface area contributed by atoms with Crippen LogP contribution in [0.4, 0.5) is 9.59 Å². The molecule has 1 saturated carbocycles. The van der Waals surface area contributed by atoms with Crippen LogP contribution in [0.15, 0.2) is 0 Å². The predicted molar refractivity (Wildman–Crippen MR) is 110 cm³/mol. The summed E-state index contributed by atoms with van der Waals surface area (Å²) < 4.78 is 20.5. The average Bonchev–Trinajstić information content (AvgIpc) is 2.66. The lowest BCUT2D eigenvalue weighted by atomic mass is 9.95. The molecule has 170 valence electrons. The standard InChI is InChI=1S/C22H40O7/c1-18(2)10-8-6-4-3-5-7-9-15-26-16-17-27-22(25)29-20-13-11-19(12-14-20)28-21(23)24/h18-20H,3-17H2,1-2H3,(H,23,24). The number of ether oxygens (including phenoxy) is 4. The minimum atomic E-state index is -1.26. The third kappa shape index (κ3) is 15.1. The Balaban J connectivity index is 1.84. The second-order valence-corrected chi connectivity index (χ2v) is 8.27. The second kappa shape index (κ2) is 16.3. The number of carbonyl (C=O) groups is 2. The van der Waals surface area contributed by atoms with E-state index < -0.39 is 12.3 Å². The van der Waals surface area contributed by atoms with Crippen molar-refractivity contribution in [1.29, 1.82) is 0 Å². The Kier molecular flexibility index (Phi) is 14.4. The van der Waals surface area contributed by atoms with E-state index in [2.05, 4.69) is 13.8 Å². The molecule has 29 heavy (non-hydrogen) atoms. The molecule has 0 bridgehead atoms. The Labute approximate surface area is 175 Å². The number of unbranched alkanes of at least 4 members (excludes halogenated alkanes) is 6. The van der Waals surface area contributed by atoms with Crippen LogP contribution in [-0.4, -0.2) is 49.4 Å². The SMILES string of the molecule is CC(C)CCCCCCCCCOCCOC(=O)OC1CCC(OC(=O)O)CC1. The van der Waals surface area contributed by atoms with Gasteiger partial charge in [0.15, 0.2) is 0 Å². The van der Waals surface area contributed by atoms with Crippen molar-refractivity contribution in [2.75, 3.05) is 19.8 Å². The highest BCUT2D eigenvalue weighted by Gasteiger charge is 2.26. The summed E-state index contributed by atoms with van der Waals surface area (Å²) in [5, 5.41) is 8.59. The molecule has 7 nitrogen and oxygen atoms in total. The van der Waals surface area contributed by atoms with Crippen LogP contribution in [0.1, 0.15) is 90.9 Å². The van der Waals surface area contributed by atoms with E-state index >= 15 is 0 Å². The van der Waals surface area contributed by atoms with E-state index in [1.54, 1.807) is 0 Å². The molecule has 0 atom stereocenters.